The van der Waals surface area contributed by atoms with Crippen LogP contribution in [0.4, 0.5) is 5.69 Å². The van der Waals surface area contributed by atoms with Gasteiger partial charge in [-0.05, 0) is 54.1 Å². The number of amides is 2. The van der Waals surface area contributed by atoms with Crippen molar-refractivity contribution in [3.05, 3.63) is 82.7 Å². The van der Waals surface area contributed by atoms with E-state index in [0.717, 1.165) is 16.2 Å². The van der Waals surface area contributed by atoms with E-state index in [1.165, 1.54) is 11.8 Å². The Morgan fingerprint density at radius 2 is 2.00 bits per heavy atom. The van der Waals surface area contributed by atoms with Crippen LogP contribution < -0.4 is 15.0 Å². The van der Waals surface area contributed by atoms with Crippen LogP contribution in [0, 0.1) is 0 Å². The maximum atomic E-state index is 12.9. The van der Waals surface area contributed by atoms with Crippen molar-refractivity contribution in [1.29, 1.82) is 0 Å². The van der Waals surface area contributed by atoms with Gasteiger partial charge in [0.25, 0.3) is 11.8 Å². The van der Waals surface area contributed by atoms with Crippen LogP contribution in [0.15, 0.2) is 75.1 Å². The summed E-state index contributed by atoms with van der Waals surface area (Å²) in [4.78, 5) is 28.5. The van der Waals surface area contributed by atoms with E-state index in [9.17, 15) is 9.59 Å². The van der Waals surface area contributed by atoms with Crippen LogP contribution in [0.2, 0.25) is 0 Å². The Hall–Kier alpha value is -3.45. The van der Waals surface area contributed by atoms with Crippen LogP contribution in [0.5, 0.6) is 5.75 Å². The summed E-state index contributed by atoms with van der Waals surface area (Å²) in [7, 11) is 3.33. The van der Waals surface area contributed by atoms with Gasteiger partial charge in [0.2, 0.25) is 0 Å². The van der Waals surface area contributed by atoms with Gasteiger partial charge in [0.15, 0.2) is 0 Å². The number of hydrogen-bond donors (Lipinski definition) is 1. The first-order valence-corrected chi connectivity index (χ1v) is 10.1. The van der Waals surface area contributed by atoms with Crippen molar-refractivity contribution in [3.8, 4) is 5.75 Å². The topological polar surface area (TPSA) is 71.8 Å². The number of nitrogens with zero attached hydrogens (tertiary/aromatic N) is 1. The molecule has 2 heterocycles. The lowest BCUT2D eigenvalue weighted by Gasteiger charge is -2.27. The fraction of sp³-hybridized carbons (Fsp3) is 0.130. The lowest BCUT2D eigenvalue weighted by atomic mass is 10.1. The molecule has 0 saturated carbocycles. The number of thioether (sulfide) groups is 1. The Labute approximate surface area is 178 Å². The Kier molecular flexibility index (Phi) is 5.63. The summed E-state index contributed by atoms with van der Waals surface area (Å²) in [6.45, 7) is 0.307. The summed E-state index contributed by atoms with van der Waals surface area (Å²) in [5.41, 5.74) is 2.11. The summed E-state index contributed by atoms with van der Waals surface area (Å²) in [6, 6.07) is 16.5. The number of benzene rings is 2. The van der Waals surface area contributed by atoms with E-state index in [2.05, 4.69) is 5.32 Å². The molecule has 0 aliphatic carbocycles. The van der Waals surface area contributed by atoms with Gasteiger partial charge >= 0.3 is 0 Å². The second kappa shape index (κ2) is 8.51. The molecule has 2 aromatic carbocycles. The molecule has 152 valence electrons. The van der Waals surface area contributed by atoms with Gasteiger partial charge in [0.05, 0.1) is 30.5 Å². The van der Waals surface area contributed by atoms with Crippen LogP contribution in [-0.2, 0) is 11.3 Å². The van der Waals surface area contributed by atoms with Crippen LogP contribution >= 0.6 is 11.8 Å². The third-order valence-corrected chi connectivity index (χ3v) is 5.81. The number of anilines is 1. The fourth-order valence-electron chi connectivity index (χ4n) is 3.07. The summed E-state index contributed by atoms with van der Waals surface area (Å²) in [5, 5.41) is 2.82. The molecule has 0 saturated heterocycles. The van der Waals surface area contributed by atoms with Crippen molar-refractivity contribution < 1.29 is 18.7 Å². The molecule has 0 radical (unpaired) electrons. The van der Waals surface area contributed by atoms with E-state index in [1.807, 2.05) is 36.4 Å². The highest BCUT2D eigenvalue weighted by molar-refractivity contribution is 8.04. The SMILES string of the molecule is COc1ccc(/C=C2\Sc3ccc(C(=O)NCc4ccco4)cc3N(C)C2=O)cc1. The zero-order chi connectivity index (χ0) is 21.1. The number of nitrogens with one attached hydrogen (secondary N) is 1. The highest BCUT2D eigenvalue weighted by atomic mass is 32.2. The number of fused-ring (bicyclic) bond motifs is 1. The lowest BCUT2D eigenvalue weighted by molar-refractivity contribution is -0.114. The zero-order valence-corrected chi connectivity index (χ0v) is 17.4. The van der Waals surface area contributed by atoms with Gasteiger partial charge in [-0.15, -0.1) is 0 Å². The number of hydrogen-bond acceptors (Lipinski definition) is 5. The molecule has 1 N–H and O–H groups in total. The second-order valence-corrected chi connectivity index (χ2v) is 7.78. The van der Waals surface area contributed by atoms with Crippen molar-refractivity contribution >= 4 is 35.3 Å². The maximum absolute atomic E-state index is 12.9. The van der Waals surface area contributed by atoms with E-state index in [4.69, 9.17) is 9.15 Å². The average Bonchev–Trinajstić information content (AvgIpc) is 3.29. The molecule has 0 unspecified atom stereocenters. The van der Waals surface area contributed by atoms with E-state index in [-0.39, 0.29) is 11.8 Å². The van der Waals surface area contributed by atoms with Gasteiger partial charge in [-0.3, -0.25) is 9.59 Å². The number of methoxy groups -OCH3 is 1. The Balaban J connectivity index is 1.54. The molecule has 0 spiro atoms. The molecule has 0 atom stereocenters. The first-order chi connectivity index (χ1) is 14.5. The highest BCUT2D eigenvalue weighted by Gasteiger charge is 2.27. The maximum Gasteiger partial charge on any atom is 0.264 e. The molecule has 6 nitrogen and oxygen atoms in total. The number of carbonyl (C=O) groups is 2. The minimum atomic E-state index is -0.223. The summed E-state index contributed by atoms with van der Waals surface area (Å²) in [6.07, 6.45) is 3.42. The number of furan rings is 1. The lowest BCUT2D eigenvalue weighted by Crippen LogP contribution is -2.31. The first kappa shape index (κ1) is 19.8. The van der Waals surface area contributed by atoms with Crippen molar-refractivity contribution in [2.75, 3.05) is 19.1 Å². The first-order valence-electron chi connectivity index (χ1n) is 9.31. The Bertz CT molecular complexity index is 1100. The fourth-order valence-corrected chi connectivity index (χ4v) is 4.16. The summed E-state index contributed by atoms with van der Waals surface area (Å²) >= 11 is 1.40. The monoisotopic (exact) mass is 420 g/mol. The molecule has 0 fully saturated rings. The molecule has 3 aromatic rings. The van der Waals surface area contributed by atoms with Gasteiger partial charge in [0, 0.05) is 17.5 Å². The quantitative estimate of drug-likeness (QED) is 0.622. The Morgan fingerprint density at radius 3 is 2.70 bits per heavy atom. The molecule has 30 heavy (non-hydrogen) atoms. The average molecular weight is 420 g/mol. The largest absolute Gasteiger partial charge is 0.497 e. The predicted molar refractivity (Wildman–Crippen MR) is 117 cm³/mol. The standard InChI is InChI=1S/C23H20N2O4S/c1-25-19-13-16(22(26)24-14-18-4-3-11-29-18)7-10-20(19)30-21(23(25)27)12-15-5-8-17(28-2)9-6-15/h3-13H,14H2,1-2H3,(H,24,26)/b21-12-. The van der Waals surface area contributed by atoms with Crippen molar-refractivity contribution in [2.45, 2.75) is 11.4 Å². The molecule has 2 amide bonds. The number of carbonyl (C=O) groups excluding carboxylic acids is 2. The molecule has 0 bridgehead atoms. The molecule has 1 aliphatic rings. The molecule has 7 heteroatoms. The summed E-state index contributed by atoms with van der Waals surface area (Å²) in [5.74, 6) is 1.11. The van der Waals surface area contributed by atoms with Crippen LogP contribution in [-0.4, -0.2) is 26.0 Å². The van der Waals surface area contributed by atoms with Crippen molar-refractivity contribution in [2.24, 2.45) is 0 Å². The third kappa shape index (κ3) is 4.11. The predicted octanol–water partition coefficient (Wildman–Crippen LogP) is 4.33. The summed E-state index contributed by atoms with van der Waals surface area (Å²) < 4.78 is 10.4. The van der Waals surface area contributed by atoms with E-state index in [0.29, 0.717) is 28.5 Å². The van der Waals surface area contributed by atoms with Crippen molar-refractivity contribution in [3.63, 3.8) is 0 Å². The van der Waals surface area contributed by atoms with Gasteiger partial charge in [-0.2, -0.15) is 0 Å². The zero-order valence-electron chi connectivity index (χ0n) is 16.5. The minimum absolute atomic E-state index is 0.114. The number of rotatable bonds is 5. The van der Waals surface area contributed by atoms with Gasteiger partial charge < -0.3 is 19.4 Å². The van der Waals surface area contributed by atoms with Gasteiger partial charge in [0.1, 0.15) is 11.5 Å². The second-order valence-electron chi connectivity index (χ2n) is 6.69. The number of ether oxygens (including phenoxy) is 1. The smallest absolute Gasteiger partial charge is 0.264 e. The van der Waals surface area contributed by atoms with Gasteiger partial charge in [-0.1, -0.05) is 23.9 Å². The normalized spacial score (nSPS) is 14.5. The minimum Gasteiger partial charge on any atom is -0.497 e. The molecular weight excluding hydrogens is 400 g/mol. The van der Waals surface area contributed by atoms with Gasteiger partial charge in [-0.25, -0.2) is 0 Å². The Morgan fingerprint density at radius 1 is 1.20 bits per heavy atom. The van der Waals surface area contributed by atoms with Crippen LogP contribution in [0.1, 0.15) is 21.7 Å². The van der Waals surface area contributed by atoms with Crippen LogP contribution in [0.3, 0.4) is 0 Å². The van der Waals surface area contributed by atoms with E-state index in [1.54, 1.807) is 49.6 Å². The van der Waals surface area contributed by atoms with Crippen LogP contribution in [0.25, 0.3) is 6.08 Å². The number of likely N-dealkylation sites (N-methyl/N-ethyl adjacent to an activating group) is 1. The molecule has 1 aliphatic heterocycles. The van der Waals surface area contributed by atoms with E-state index >= 15 is 0 Å². The molecular formula is C23H20N2O4S. The molecule has 4 rings (SSSR count). The van der Waals surface area contributed by atoms with Crippen molar-refractivity contribution in [1.82, 2.24) is 5.32 Å². The van der Waals surface area contributed by atoms with E-state index < -0.39 is 0 Å². The molecule has 1 aromatic heterocycles. The highest BCUT2D eigenvalue weighted by Crippen LogP contribution is 2.42. The third-order valence-electron chi connectivity index (χ3n) is 4.73.